The summed E-state index contributed by atoms with van der Waals surface area (Å²) in [6, 6.07) is 20.7. The molecule has 28 heavy (non-hydrogen) atoms. The number of unbranched alkanes of at least 4 members (excludes halogenated alkanes) is 2. The summed E-state index contributed by atoms with van der Waals surface area (Å²) in [6.07, 6.45) is 5.30. The van der Waals surface area contributed by atoms with Crippen LogP contribution < -0.4 is 5.19 Å². The van der Waals surface area contributed by atoms with Gasteiger partial charge in [-0.1, -0.05) is 124 Å². The molecule has 0 aliphatic carbocycles. The van der Waals surface area contributed by atoms with Crippen LogP contribution in [0.25, 0.3) is 0 Å². The summed E-state index contributed by atoms with van der Waals surface area (Å²) in [4.78, 5) is 0. The fourth-order valence-corrected chi connectivity index (χ4v) is 13.9. The molecule has 0 fully saturated rings. The highest BCUT2D eigenvalue weighted by Gasteiger charge is 2.60. The van der Waals surface area contributed by atoms with Gasteiger partial charge in [-0.3, -0.25) is 4.55 Å². The maximum absolute atomic E-state index is 13.2. The molecule has 0 aromatic heterocycles. The largest absolute Gasteiger partial charge is 0.285 e. The first-order valence-corrected chi connectivity index (χ1v) is 14.0. The summed E-state index contributed by atoms with van der Waals surface area (Å²) in [7, 11) is -7.28. The van der Waals surface area contributed by atoms with Crippen LogP contribution in [0.1, 0.15) is 45.1 Å². The summed E-state index contributed by atoms with van der Waals surface area (Å²) < 4.78 is 35.5. The Morgan fingerprint density at radius 2 is 1.39 bits per heavy atom. The molecule has 3 nitrogen and oxygen atoms in total. The van der Waals surface area contributed by atoms with Crippen LogP contribution in [0.3, 0.4) is 0 Å². The van der Waals surface area contributed by atoms with Crippen molar-refractivity contribution in [3.05, 3.63) is 78.9 Å². The molecule has 1 atom stereocenters. The van der Waals surface area contributed by atoms with Gasteiger partial charge >= 0.3 is 0 Å². The molecule has 0 aliphatic rings. The molecular weight excluding hydrogens is 384 g/mol. The van der Waals surface area contributed by atoms with Crippen molar-refractivity contribution in [2.24, 2.45) is 0 Å². The molecule has 0 saturated carbocycles. The zero-order valence-electron chi connectivity index (χ0n) is 17.0. The Kier molecular flexibility index (Phi) is 7.81. The maximum Gasteiger partial charge on any atom is 0.276 e. The van der Waals surface area contributed by atoms with Crippen molar-refractivity contribution in [1.82, 2.24) is 0 Å². The molecule has 2 aromatic carbocycles. The second kappa shape index (κ2) is 9.68. The Bertz CT molecular complexity index is 842. The van der Waals surface area contributed by atoms with Crippen molar-refractivity contribution in [1.29, 1.82) is 0 Å². The van der Waals surface area contributed by atoms with E-state index in [0.29, 0.717) is 5.56 Å². The van der Waals surface area contributed by atoms with Crippen LogP contribution in [-0.2, 0) is 14.5 Å². The van der Waals surface area contributed by atoms with Gasteiger partial charge in [0.15, 0.2) is 0 Å². The Morgan fingerprint density at radius 3 is 1.79 bits per heavy atom. The van der Waals surface area contributed by atoms with Crippen LogP contribution in [0.5, 0.6) is 0 Å². The quantitative estimate of drug-likeness (QED) is 0.301. The van der Waals surface area contributed by atoms with E-state index in [4.69, 9.17) is 0 Å². The van der Waals surface area contributed by atoms with Crippen molar-refractivity contribution >= 4 is 23.4 Å². The van der Waals surface area contributed by atoms with E-state index in [9.17, 15) is 13.0 Å². The lowest BCUT2D eigenvalue weighted by atomic mass is 10.1. The SMILES string of the molecule is C=CC(c1ccccc1)([Si](CCCC)(CCCC)c1ccccc1)S(=O)(=O)O. The first-order valence-electron chi connectivity index (χ1n) is 10.1. The van der Waals surface area contributed by atoms with Gasteiger partial charge in [0.2, 0.25) is 0 Å². The molecular formula is C23H32O3SSi. The van der Waals surface area contributed by atoms with E-state index in [1.807, 2.05) is 60.7 Å². The van der Waals surface area contributed by atoms with Crippen LogP contribution in [0.15, 0.2) is 73.3 Å². The summed E-state index contributed by atoms with van der Waals surface area (Å²) >= 11 is 0. The van der Waals surface area contributed by atoms with Gasteiger partial charge in [0.25, 0.3) is 10.1 Å². The smallest absolute Gasteiger partial charge is 0.276 e. The van der Waals surface area contributed by atoms with E-state index >= 15 is 0 Å². The van der Waals surface area contributed by atoms with Gasteiger partial charge in [-0.2, -0.15) is 8.42 Å². The van der Waals surface area contributed by atoms with E-state index in [2.05, 4.69) is 20.4 Å². The predicted octanol–water partition coefficient (Wildman–Crippen LogP) is 5.45. The molecule has 0 radical (unpaired) electrons. The molecule has 0 amide bonds. The highest BCUT2D eigenvalue weighted by molar-refractivity contribution is 7.89. The summed E-state index contributed by atoms with van der Waals surface area (Å²) in [5.41, 5.74) is 0.621. The van der Waals surface area contributed by atoms with Crippen LogP contribution in [0.4, 0.5) is 0 Å². The van der Waals surface area contributed by atoms with E-state index in [0.717, 1.165) is 43.0 Å². The van der Waals surface area contributed by atoms with Crippen LogP contribution in [0, 0.1) is 0 Å². The third-order valence-corrected chi connectivity index (χ3v) is 14.8. The Labute approximate surface area is 171 Å². The van der Waals surface area contributed by atoms with Gasteiger partial charge in [-0.05, 0) is 5.56 Å². The topological polar surface area (TPSA) is 54.4 Å². The average Bonchev–Trinajstić information content (AvgIpc) is 2.71. The molecule has 0 aliphatic heterocycles. The van der Waals surface area contributed by atoms with Crippen molar-refractivity contribution < 1.29 is 13.0 Å². The number of benzene rings is 2. The zero-order valence-corrected chi connectivity index (χ0v) is 18.8. The van der Waals surface area contributed by atoms with Crippen LogP contribution in [0.2, 0.25) is 12.1 Å². The minimum atomic E-state index is -4.45. The lowest BCUT2D eigenvalue weighted by molar-refractivity contribution is 0.467. The molecule has 0 spiro atoms. The first-order chi connectivity index (χ1) is 13.4. The highest BCUT2D eigenvalue weighted by Crippen LogP contribution is 2.45. The van der Waals surface area contributed by atoms with Crippen LogP contribution in [-0.4, -0.2) is 21.0 Å². The van der Waals surface area contributed by atoms with Gasteiger partial charge in [0, 0.05) is 0 Å². The molecule has 5 heteroatoms. The van der Waals surface area contributed by atoms with Gasteiger partial charge in [-0.25, -0.2) is 0 Å². The van der Waals surface area contributed by atoms with E-state index < -0.39 is 22.6 Å². The van der Waals surface area contributed by atoms with Crippen molar-refractivity contribution in [3.8, 4) is 0 Å². The standard InChI is InChI=1S/C23H32O3SSi/c1-4-7-19-28(20-8-5-2,22-17-13-10-14-18-22)23(6-3,27(24,25)26)21-15-11-9-12-16-21/h6,9-18H,3-5,7-8,19-20H2,1-2H3,(H,24,25,26). The first kappa shape index (κ1) is 22.6. The number of hydrogen-bond donors (Lipinski definition) is 1. The predicted molar refractivity (Wildman–Crippen MR) is 121 cm³/mol. The molecule has 0 bridgehead atoms. The lowest BCUT2D eigenvalue weighted by Crippen LogP contribution is -2.66. The fourth-order valence-electron chi connectivity index (χ4n) is 4.49. The Balaban J connectivity index is 2.94. The molecule has 1 unspecified atom stereocenters. The Hall–Kier alpha value is -1.69. The monoisotopic (exact) mass is 416 g/mol. The molecule has 2 rings (SSSR count). The third kappa shape index (κ3) is 4.02. The summed E-state index contributed by atoms with van der Waals surface area (Å²) in [5, 5.41) is 1.07. The number of rotatable bonds is 11. The van der Waals surface area contributed by atoms with Gasteiger partial charge < -0.3 is 0 Å². The lowest BCUT2D eigenvalue weighted by Gasteiger charge is -2.46. The molecule has 2 aromatic rings. The Morgan fingerprint density at radius 1 is 0.929 bits per heavy atom. The van der Waals surface area contributed by atoms with Gasteiger partial charge in [0.05, 0.1) is 0 Å². The minimum Gasteiger partial charge on any atom is -0.285 e. The third-order valence-electron chi connectivity index (χ3n) is 5.85. The molecule has 0 saturated heterocycles. The van der Waals surface area contributed by atoms with E-state index in [-0.39, 0.29) is 0 Å². The second-order valence-corrected chi connectivity index (χ2v) is 13.9. The average molecular weight is 417 g/mol. The molecule has 0 heterocycles. The van der Waals surface area contributed by atoms with Crippen molar-refractivity contribution in [2.45, 2.75) is 56.0 Å². The summed E-state index contributed by atoms with van der Waals surface area (Å²) in [6.45, 7) is 8.22. The van der Waals surface area contributed by atoms with Crippen LogP contribution >= 0.6 is 0 Å². The summed E-state index contributed by atoms with van der Waals surface area (Å²) in [5.74, 6) is 0. The minimum absolute atomic E-state index is 0.621. The normalized spacial score (nSPS) is 14.4. The second-order valence-electron chi connectivity index (χ2n) is 7.44. The van der Waals surface area contributed by atoms with Gasteiger partial charge in [0.1, 0.15) is 12.4 Å². The van der Waals surface area contributed by atoms with Gasteiger partial charge in [-0.15, -0.1) is 6.58 Å². The van der Waals surface area contributed by atoms with Crippen molar-refractivity contribution in [3.63, 3.8) is 0 Å². The molecule has 1 N–H and O–H groups in total. The number of hydrogen-bond acceptors (Lipinski definition) is 2. The fraction of sp³-hybridized carbons (Fsp3) is 0.391. The maximum atomic E-state index is 13.2. The zero-order chi connectivity index (χ0) is 20.7. The highest BCUT2D eigenvalue weighted by atomic mass is 32.2. The molecule has 152 valence electrons. The van der Waals surface area contributed by atoms with E-state index in [1.165, 1.54) is 6.08 Å². The van der Waals surface area contributed by atoms with E-state index in [1.54, 1.807) is 0 Å². The van der Waals surface area contributed by atoms with Crippen molar-refractivity contribution in [2.75, 3.05) is 0 Å².